The summed E-state index contributed by atoms with van der Waals surface area (Å²) in [6, 6.07) is 3.30. The lowest BCUT2D eigenvalue weighted by Gasteiger charge is -2.29. The minimum atomic E-state index is -0.485. The molecule has 5 heteroatoms. The third-order valence-corrected chi connectivity index (χ3v) is 3.68. The van der Waals surface area contributed by atoms with Crippen LogP contribution in [0, 0.1) is 11.6 Å². The van der Waals surface area contributed by atoms with Crippen LogP contribution in [0.1, 0.15) is 18.4 Å². The van der Waals surface area contributed by atoms with E-state index in [1.807, 2.05) is 0 Å². The first kappa shape index (κ1) is 12.5. The van der Waals surface area contributed by atoms with E-state index in [4.69, 9.17) is 0 Å². The average molecular weight is 304 g/mol. The lowest BCUT2D eigenvalue weighted by atomic mass is 10.1. The van der Waals surface area contributed by atoms with E-state index in [1.165, 1.54) is 0 Å². The Bertz CT molecular complexity index is 439. The number of carbonyl (C=O) groups is 1. The number of carbonyl (C=O) groups excluding carboxylic acids is 1. The summed E-state index contributed by atoms with van der Waals surface area (Å²) in [4.78, 5) is 13.1. The largest absolute Gasteiger partial charge is 0.337 e. The van der Waals surface area contributed by atoms with E-state index in [9.17, 15) is 13.6 Å². The van der Waals surface area contributed by atoms with Crippen molar-refractivity contribution in [1.29, 1.82) is 0 Å². The lowest BCUT2D eigenvalue weighted by Crippen LogP contribution is -2.41. The molecule has 0 spiro atoms. The first-order valence-electron chi connectivity index (χ1n) is 5.44. The van der Waals surface area contributed by atoms with E-state index in [1.54, 1.807) is 4.90 Å². The third kappa shape index (κ3) is 2.83. The molecule has 0 radical (unpaired) electrons. The second-order valence-corrected chi connectivity index (χ2v) is 5.21. The second-order valence-electron chi connectivity index (χ2n) is 4.11. The van der Waals surface area contributed by atoms with E-state index < -0.39 is 11.6 Å². The zero-order valence-electron chi connectivity index (χ0n) is 9.13. The van der Waals surface area contributed by atoms with Crippen LogP contribution in [0.25, 0.3) is 0 Å². The summed E-state index contributed by atoms with van der Waals surface area (Å²) >= 11 is 3.28. The predicted molar refractivity (Wildman–Crippen MR) is 63.7 cm³/mol. The molecule has 1 aromatic carbocycles. The maximum Gasteiger partial charge on any atom is 0.236 e. The standard InChI is InChI=1S/C12H12BrF2NO/c13-10-2-1-5-16(12(10)17)7-8-6-9(14)3-4-11(8)15/h3-4,6,10H,1-2,5,7H2. The summed E-state index contributed by atoms with van der Waals surface area (Å²) < 4.78 is 26.4. The van der Waals surface area contributed by atoms with Crippen LogP contribution < -0.4 is 0 Å². The molecule has 92 valence electrons. The molecule has 1 aliphatic rings. The van der Waals surface area contributed by atoms with Gasteiger partial charge in [-0.3, -0.25) is 4.79 Å². The molecule has 0 aromatic heterocycles. The normalized spacial score (nSPS) is 20.8. The summed E-state index contributed by atoms with van der Waals surface area (Å²) in [6.45, 7) is 0.724. The van der Waals surface area contributed by atoms with Gasteiger partial charge < -0.3 is 4.90 Å². The number of likely N-dealkylation sites (tertiary alicyclic amines) is 1. The van der Waals surface area contributed by atoms with Crippen molar-refractivity contribution >= 4 is 21.8 Å². The molecule has 1 aliphatic heterocycles. The lowest BCUT2D eigenvalue weighted by molar-refractivity contribution is -0.133. The highest BCUT2D eigenvalue weighted by Gasteiger charge is 2.26. The van der Waals surface area contributed by atoms with Crippen molar-refractivity contribution < 1.29 is 13.6 Å². The smallest absolute Gasteiger partial charge is 0.236 e. The first-order chi connectivity index (χ1) is 8.08. The fourth-order valence-electron chi connectivity index (χ4n) is 1.92. The third-order valence-electron chi connectivity index (χ3n) is 2.83. The van der Waals surface area contributed by atoms with Gasteiger partial charge in [-0.15, -0.1) is 0 Å². The summed E-state index contributed by atoms with van der Waals surface area (Å²) in [6.07, 6.45) is 1.67. The van der Waals surface area contributed by atoms with Gasteiger partial charge in [-0.1, -0.05) is 15.9 Å². The van der Waals surface area contributed by atoms with Gasteiger partial charge in [-0.2, -0.15) is 0 Å². The number of hydrogen-bond donors (Lipinski definition) is 0. The number of alkyl halides is 1. The van der Waals surface area contributed by atoms with E-state index in [-0.39, 0.29) is 22.8 Å². The van der Waals surface area contributed by atoms with Crippen LogP contribution in [0.4, 0.5) is 8.78 Å². The minimum absolute atomic E-state index is 0.0556. The number of hydrogen-bond acceptors (Lipinski definition) is 1. The second kappa shape index (κ2) is 5.12. The van der Waals surface area contributed by atoms with E-state index in [0.717, 1.165) is 31.0 Å². The maximum absolute atomic E-state index is 13.4. The molecule has 1 amide bonds. The van der Waals surface area contributed by atoms with E-state index in [0.29, 0.717) is 6.54 Å². The molecule has 1 aromatic rings. The molecule has 2 nitrogen and oxygen atoms in total. The van der Waals surface area contributed by atoms with Crippen molar-refractivity contribution in [3.63, 3.8) is 0 Å². The Balaban J connectivity index is 2.14. The van der Waals surface area contributed by atoms with Gasteiger partial charge in [-0.25, -0.2) is 8.78 Å². The highest BCUT2D eigenvalue weighted by Crippen LogP contribution is 2.21. The highest BCUT2D eigenvalue weighted by atomic mass is 79.9. The van der Waals surface area contributed by atoms with Gasteiger partial charge in [0.2, 0.25) is 5.91 Å². The van der Waals surface area contributed by atoms with Crippen molar-refractivity contribution in [2.75, 3.05) is 6.54 Å². The number of amides is 1. The van der Waals surface area contributed by atoms with Crippen LogP contribution in [0.3, 0.4) is 0 Å². The molecule has 1 saturated heterocycles. The molecule has 1 heterocycles. The summed E-state index contributed by atoms with van der Waals surface area (Å²) in [5, 5.41) is 0. The number of halogens is 3. The van der Waals surface area contributed by atoms with Crippen LogP contribution in [-0.2, 0) is 11.3 Å². The molecule has 1 unspecified atom stereocenters. The summed E-state index contributed by atoms with van der Waals surface area (Å²) in [7, 11) is 0. The van der Waals surface area contributed by atoms with Crippen molar-refractivity contribution in [3.05, 3.63) is 35.4 Å². The van der Waals surface area contributed by atoms with Crippen molar-refractivity contribution in [2.45, 2.75) is 24.2 Å². The Labute approximate surface area is 107 Å². The first-order valence-corrected chi connectivity index (χ1v) is 6.36. The Morgan fingerprint density at radius 1 is 1.41 bits per heavy atom. The van der Waals surface area contributed by atoms with E-state index in [2.05, 4.69) is 15.9 Å². The SMILES string of the molecule is O=C1C(Br)CCCN1Cc1cc(F)ccc1F. The monoisotopic (exact) mass is 303 g/mol. The Hall–Kier alpha value is -0.970. The van der Waals surface area contributed by atoms with Crippen molar-refractivity contribution in [2.24, 2.45) is 0 Å². The van der Waals surface area contributed by atoms with Gasteiger partial charge in [0, 0.05) is 18.7 Å². The quantitative estimate of drug-likeness (QED) is 0.769. The molecular formula is C12H12BrF2NO. The van der Waals surface area contributed by atoms with Crippen LogP contribution in [0.5, 0.6) is 0 Å². The average Bonchev–Trinajstić information content (AvgIpc) is 2.30. The Kier molecular flexibility index (Phi) is 3.76. The number of benzene rings is 1. The summed E-state index contributed by atoms with van der Waals surface area (Å²) in [5.74, 6) is -1.02. The number of piperidine rings is 1. The molecule has 1 atom stereocenters. The molecular weight excluding hydrogens is 292 g/mol. The molecule has 0 saturated carbocycles. The van der Waals surface area contributed by atoms with Crippen molar-refractivity contribution in [3.8, 4) is 0 Å². The fourth-order valence-corrected chi connectivity index (χ4v) is 2.53. The zero-order valence-corrected chi connectivity index (χ0v) is 10.7. The molecule has 1 fully saturated rings. The topological polar surface area (TPSA) is 20.3 Å². The predicted octanol–water partition coefficient (Wildman–Crippen LogP) is 2.85. The summed E-state index contributed by atoms with van der Waals surface area (Å²) in [5.41, 5.74) is 0.222. The van der Waals surface area contributed by atoms with Gasteiger partial charge in [0.1, 0.15) is 11.6 Å². The Morgan fingerprint density at radius 2 is 2.18 bits per heavy atom. The van der Waals surface area contributed by atoms with E-state index >= 15 is 0 Å². The molecule has 0 aliphatic carbocycles. The Morgan fingerprint density at radius 3 is 2.94 bits per heavy atom. The van der Waals surface area contributed by atoms with Gasteiger partial charge in [0.15, 0.2) is 0 Å². The van der Waals surface area contributed by atoms with Gasteiger partial charge in [0.25, 0.3) is 0 Å². The van der Waals surface area contributed by atoms with Gasteiger partial charge >= 0.3 is 0 Å². The fraction of sp³-hybridized carbons (Fsp3) is 0.417. The molecule has 2 rings (SSSR count). The van der Waals surface area contributed by atoms with Gasteiger partial charge in [0.05, 0.1) is 4.83 Å². The number of rotatable bonds is 2. The molecule has 17 heavy (non-hydrogen) atoms. The van der Waals surface area contributed by atoms with Gasteiger partial charge in [-0.05, 0) is 31.0 Å². The maximum atomic E-state index is 13.4. The number of nitrogens with zero attached hydrogens (tertiary/aromatic N) is 1. The van der Waals surface area contributed by atoms with Crippen LogP contribution in [-0.4, -0.2) is 22.2 Å². The zero-order chi connectivity index (χ0) is 12.4. The van der Waals surface area contributed by atoms with Crippen LogP contribution >= 0.6 is 15.9 Å². The molecule has 0 N–H and O–H groups in total. The van der Waals surface area contributed by atoms with Crippen LogP contribution in [0.15, 0.2) is 18.2 Å². The highest BCUT2D eigenvalue weighted by molar-refractivity contribution is 9.10. The molecule has 0 bridgehead atoms. The van der Waals surface area contributed by atoms with Crippen molar-refractivity contribution in [1.82, 2.24) is 4.90 Å². The van der Waals surface area contributed by atoms with Crippen LogP contribution in [0.2, 0.25) is 0 Å². The minimum Gasteiger partial charge on any atom is -0.337 e.